The number of benzene rings is 2. The van der Waals surface area contributed by atoms with Gasteiger partial charge in [-0.3, -0.25) is 0 Å². The second kappa shape index (κ2) is 9.27. The lowest BCUT2D eigenvalue weighted by Crippen LogP contribution is -2.25. The van der Waals surface area contributed by atoms with Crippen LogP contribution in [0.5, 0.6) is 0 Å². The van der Waals surface area contributed by atoms with E-state index in [9.17, 15) is 0 Å². The number of nitrogens with one attached hydrogen (secondary N) is 2. The Bertz CT molecular complexity index is 985. The second-order valence-corrected chi connectivity index (χ2v) is 19.5. The predicted molar refractivity (Wildman–Crippen MR) is 130 cm³/mol. The molecule has 0 amide bonds. The fourth-order valence-corrected chi connectivity index (χ4v) is 23.0. The first kappa shape index (κ1) is 21.5. The first-order valence-electron chi connectivity index (χ1n) is 9.89. The molecule has 2 unspecified atom stereocenters. The van der Waals surface area contributed by atoms with Crippen LogP contribution in [0.2, 0.25) is 0 Å². The molecule has 0 radical (unpaired) electrons. The van der Waals surface area contributed by atoms with Crippen LogP contribution < -0.4 is 10.2 Å². The fourth-order valence-electron chi connectivity index (χ4n) is 3.15. The average molecular weight is 499 g/mol. The standard InChI is InChI=1S/C18H24N5O2P3S2/c1-3-9-17(10-4-1)29-28(30-18-11-5-2-6-12-18)22-26(19-13-7-15-24-26)21-27(23-28)20-14-8-16-25-27/h1-6,9-12,19-20H,7-8,13-16H2. The molecule has 160 valence electrons. The van der Waals surface area contributed by atoms with Gasteiger partial charge < -0.3 is 9.05 Å². The molecule has 2 fully saturated rings. The van der Waals surface area contributed by atoms with E-state index in [1.54, 1.807) is 22.8 Å². The Morgan fingerprint density at radius 3 is 1.63 bits per heavy atom. The molecule has 2 spiro atoms. The maximum atomic E-state index is 6.28. The van der Waals surface area contributed by atoms with Gasteiger partial charge in [-0.05, 0) is 59.9 Å². The van der Waals surface area contributed by atoms with Gasteiger partial charge in [0.05, 0.1) is 13.2 Å². The van der Waals surface area contributed by atoms with Crippen molar-refractivity contribution in [2.24, 2.45) is 13.5 Å². The first-order valence-corrected chi connectivity index (χ1v) is 17.7. The monoisotopic (exact) mass is 499 g/mol. The van der Waals surface area contributed by atoms with Gasteiger partial charge in [0.1, 0.15) is 0 Å². The van der Waals surface area contributed by atoms with Gasteiger partial charge in [0.25, 0.3) is 15.2 Å². The zero-order chi connectivity index (χ0) is 20.3. The van der Waals surface area contributed by atoms with Gasteiger partial charge in [-0.1, -0.05) is 36.4 Å². The Balaban J connectivity index is 1.69. The third kappa shape index (κ3) is 4.85. The van der Waals surface area contributed by atoms with E-state index in [0.717, 1.165) is 35.7 Å². The van der Waals surface area contributed by atoms with Gasteiger partial charge in [-0.15, -0.1) is 0 Å². The Kier molecular flexibility index (Phi) is 6.64. The molecule has 2 aromatic rings. The van der Waals surface area contributed by atoms with Crippen molar-refractivity contribution in [2.45, 2.75) is 22.6 Å². The van der Waals surface area contributed by atoms with E-state index in [2.05, 4.69) is 58.7 Å². The van der Waals surface area contributed by atoms with Crippen LogP contribution in [0.3, 0.4) is 0 Å². The Morgan fingerprint density at radius 1 is 0.667 bits per heavy atom. The van der Waals surface area contributed by atoms with E-state index < -0.39 is 20.8 Å². The van der Waals surface area contributed by atoms with Crippen LogP contribution in [0.25, 0.3) is 0 Å². The highest BCUT2D eigenvalue weighted by Gasteiger charge is 2.41. The molecule has 2 saturated heterocycles. The average Bonchev–Trinajstić information content (AvgIpc) is 2.75. The number of hydrogen-bond donors (Lipinski definition) is 2. The van der Waals surface area contributed by atoms with E-state index in [4.69, 9.17) is 22.6 Å². The molecule has 2 aromatic carbocycles. The van der Waals surface area contributed by atoms with E-state index in [1.165, 1.54) is 0 Å². The molecule has 3 aliphatic rings. The lowest BCUT2D eigenvalue weighted by atomic mass is 10.4. The van der Waals surface area contributed by atoms with Gasteiger partial charge >= 0.3 is 0 Å². The van der Waals surface area contributed by atoms with Crippen LogP contribution in [0, 0.1) is 0 Å². The summed E-state index contributed by atoms with van der Waals surface area (Å²) in [6.07, 6.45) is 1.93. The predicted octanol–water partition coefficient (Wildman–Crippen LogP) is 7.44. The molecule has 12 heteroatoms. The molecule has 0 saturated carbocycles. The van der Waals surface area contributed by atoms with E-state index in [1.807, 2.05) is 12.1 Å². The van der Waals surface area contributed by atoms with Crippen molar-refractivity contribution in [3.63, 3.8) is 0 Å². The minimum atomic E-state index is -2.54. The molecule has 3 aliphatic heterocycles. The molecule has 3 heterocycles. The summed E-state index contributed by atoms with van der Waals surface area (Å²) in [5.41, 5.74) is -2.39. The summed E-state index contributed by atoms with van der Waals surface area (Å²) in [6.45, 7) is 3.04. The fraction of sp³-hybridized carbons (Fsp3) is 0.333. The highest BCUT2D eigenvalue weighted by Crippen LogP contribution is 2.88. The van der Waals surface area contributed by atoms with Crippen molar-refractivity contribution in [1.29, 1.82) is 0 Å². The molecular formula is C18H24N5O2P3S2. The van der Waals surface area contributed by atoms with Gasteiger partial charge in [0.15, 0.2) is 0 Å². The molecule has 30 heavy (non-hydrogen) atoms. The van der Waals surface area contributed by atoms with Crippen LogP contribution in [-0.4, -0.2) is 26.3 Å². The van der Waals surface area contributed by atoms with Crippen LogP contribution in [0.15, 0.2) is 84.0 Å². The Labute approximate surface area is 185 Å². The molecular weight excluding hydrogens is 475 g/mol. The van der Waals surface area contributed by atoms with Gasteiger partial charge in [-0.2, -0.15) is 13.5 Å². The van der Waals surface area contributed by atoms with Crippen molar-refractivity contribution in [2.75, 3.05) is 26.3 Å². The van der Waals surface area contributed by atoms with Crippen LogP contribution in [0.4, 0.5) is 0 Å². The molecule has 5 rings (SSSR count). The highest BCUT2D eigenvalue weighted by molar-refractivity contribution is 8.91. The van der Waals surface area contributed by atoms with Gasteiger partial charge in [0.2, 0.25) is 5.61 Å². The van der Waals surface area contributed by atoms with Crippen LogP contribution in [0.1, 0.15) is 12.8 Å². The van der Waals surface area contributed by atoms with Crippen LogP contribution >= 0.6 is 43.5 Å². The highest BCUT2D eigenvalue weighted by atomic mass is 33.1. The molecule has 2 atom stereocenters. The summed E-state index contributed by atoms with van der Waals surface area (Å²) in [6, 6.07) is 20.8. The zero-order valence-electron chi connectivity index (χ0n) is 16.3. The normalized spacial score (nSPS) is 30.3. The summed E-state index contributed by atoms with van der Waals surface area (Å²) in [5.74, 6) is 0. The molecule has 0 aliphatic carbocycles. The number of nitrogens with zero attached hydrogens (tertiary/aromatic N) is 3. The van der Waals surface area contributed by atoms with E-state index in [0.29, 0.717) is 13.2 Å². The quantitative estimate of drug-likeness (QED) is 0.426. The van der Waals surface area contributed by atoms with E-state index >= 15 is 0 Å². The second-order valence-electron chi connectivity index (χ2n) is 6.85. The lowest BCUT2D eigenvalue weighted by molar-refractivity contribution is 0.301. The maximum absolute atomic E-state index is 6.28. The maximum Gasteiger partial charge on any atom is 0.279 e. The third-order valence-corrected chi connectivity index (χ3v) is 20.6. The first-order chi connectivity index (χ1) is 14.7. The number of hydrogen-bond acceptors (Lipinski definition) is 9. The van der Waals surface area contributed by atoms with Crippen LogP contribution in [-0.2, 0) is 9.05 Å². The Morgan fingerprint density at radius 2 is 1.17 bits per heavy atom. The topological polar surface area (TPSA) is 79.6 Å². The minimum Gasteiger partial charge on any atom is -0.316 e. The molecule has 0 bridgehead atoms. The smallest absolute Gasteiger partial charge is 0.279 e. The van der Waals surface area contributed by atoms with Crippen molar-refractivity contribution in [1.82, 2.24) is 10.2 Å². The third-order valence-electron chi connectivity index (χ3n) is 4.47. The zero-order valence-corrected chi connectivity index (χ0v) is 20.6. The van der Waals surface area contributed by atoms with Crippen molar-refractivity contribution in [3.8, 4) is 0 Å². The minimum absolute atomic E-state index is 0.666. The largest absolute Gasteiger partial charge is 0.316 e. The number of rotatable bonds is 4. The molecule has 7 nitrogen and oxygen atoms in total. The molecule has 0 aromatic heterocycles. The van der Waals surface area contributed by atoms with Crippen molar-refractivity contribution >= 4 is 43.5 Å². The summed E-state index contributed by atoms with van der Waals surface area (Å²) in [5, 5.41) is 7.07. The molecule has 2 N–H and O–H groups in total. The van der Waals surface area contributed by atoms with Gasteiger partial charge in [-0.25, -0.2) is 10.2 Å². The van der Waals surface area contributed by atoms with Gasteiger partial charge in [0, 0.05) is 22.9 Å². The lowest BCUT2D eigenvalue weighted by Gasteiger charge is -2.37. The summed E-state index contributed by atoms with van der Waals surface area (Å²) < 4.78 is 28.3. The Hall–Kier alpha value is -0.330. The summed E-state index contributed by atoms with van der Waals surface area (Å²) in [4.78, 5) is 2.29. The van der Waals surface area contributed by atoms with Crippen molar-refractivity contribution < 1.29 is 9.05 Å². The summed E-state index contributed by atoms with van der Waals surface area (Å²) in [7, 11) is -5.08. The van der Waals surface area contributed by atoms with Crippen molar-refractivity contribution in [3.05, 3.63) is 60.7 Å². The summed E-state index contributed by atoms with van der Waals surface area (Å²) >= 11 is 3.48. The van der Waals surface area contributed by atoms with E-state index in [-0.39, 0.29) is 0 Å². The SMILES string of the molecule is c1ccc(SP2(Sc3ccccc3)=NP3(=NP4(=N2)NCCCO4)NCCCO3)cc1.